The first kappa shape index (κ1) is 18.0. The molecule has 0 saturated heterocycles. The molecular formula is C18H19BrN2O3. The van der Waals surface area contributed by atoms with E-state index in [2.05, 4.69) is 21.2 Å². The van der Waals surface area contributed by atoms with E-state index in [1.807, 2.05) is 13.0 Å². The predicted octanol–water partition coefficient (Wildman–Crippen LogP) is 3.56. The van der Waals surface area contributed by atoms with E-state index in [1.165, 1.54) is 4.90 Å². The number of rotatable bonds is 6. The highest BCUT2D eigenvalue weighted by atomic mass is 79.9. The van der Waals surface area contributed by atoms with Gasteiger partial charge in [0.25, 0.3) is 5.91 Å². The van der Waals surface area contributed by atoms with Crippen molar-refractivity contribution in [3.63, 3.8) is 0 Å². The van der Waals surface area contributed by atoms with Crippen molar-refractivity contribution < 1.29 is 14.3 Å². The van der Waals surface area contributed by atoms with Crippen molar-refractivity contribution in [1.82, 2.24) is 4.90 Å². The third kappa shape index (κ3) is 4.58. The molecule has 0 radical (unpaired) electrons. The normalized spacial score (nSPS) is 10.1. The average molecular weight is 391 g/mol. The zero-order valence-electron chi connectivity index (χ0n) is 13.6. The fourth-order valence-electron chi connectivity index (χ4n) is 2.21. The monoisotopic (exact) mass is 390 g/mol. The number of carbonyl (C=O) groups is 2. The summed E-state index contributed by atoms with van der Waals surface area (Å²) in [5, 5.41) is 2.78. The zero-order chi connectivity index (χ0) is 17.5. The summed E-state index contributed by atoms with van der Waals surface area (Å²) >= 11 is 3.37. The van der Waals surface area contributed by atoms with E-state index in [0.29, 0.717) is 28.0 Å². The number of amides is 2. The zero-order valence-corrected chi connectivity index (χ0v) is 15.2. The van der Waals surface area contributed by atoms with Crippen LogP contribution in [0.2, 0.25) is 0 Å². The summed E-state index contributed by atoms with van der Waals surface area (Å²) < 4.78 is 5.84. The van der Waals surface area contributed by atoms with Crippen molar-refractivity contribution in [2.45, 2.75) is 6.92 Å². The summed E-state index contributed by atoms with van der Waals surface area (Å²) in [6.07, 6.45) is 0. The van der Waals surface area contributed by atoms with Crippen LogP contribution in [0.15, 0.2) is 53.0 Å². The Bertz CT molecular complexity index is 734. The maximum absolute atomic E-state index is 12.6. The average Bonchev–Trinajstić information content (AvgIpc) is 2.59. The number of methoxy groups -OCH3 is 1. The lowest BCUT2D eigenvalue weighted by Gasteiger charge is -2.21. The van der Waals surface area contributed by atoms with Gasteiger partial charge in [-0.3, -0.25) is 9.59 Å². The number of carbonyl (C=O) groups excluding carboxylic acids is 2. The standard InChI is InChI=1S/C18H19BrN2O3/c1-3-21(18(23)15-9-4-5-10-16(15)19)12-17(22)20-13-7-6-8-14(11-13)24-2/h4-11H,3,12H2,1-2H3,(H,20,22). The molecule has 0 atom stereocenters. The molecule has 0 fully saturated rings. The number of likely N-dealkylation sites (N-methyl/N-ethyl adjacent to an activating group) is 1. The Labute approximate surface area is 149 Å². The third-order valence-corrected chi connectivity index (χ3v) is 4.15. The maximum atomic E-state index is 12.6. The van der Waals surface area contributed by atoms with Crippen LogP contribution in [0.1, 0.15) is 17.3 Å². The van der Waals surface area contributed by atoms with E-state index in [-0.39, 0.29) is 18.4 Å². The van der Waals surface area contributed by atoms with Crippen LogP contribution in [-0.2, 0) is 4.79 Å². The molecule has 0 spiro atoms. The van der Waals surface area contributed by atoms with E-state index in [0.717, 1.165) is 0 Å². The van der Waals surface area contributed by atoms with E-state index in [9.17, 15) is 9.59 Å². The van der Waals surface area contributed by atoms with Crippen LogP contribution in [0, 0.1) is 0 Å². The molecule has 24 heavy (non-hydrogen) atoms. The van der Waals surface area contributed by atoms with Crippen molar-refractivity contribution >= 4 is 33.4 Å². The van der Waals surface area contributed by atoms with Gasteiger partial charge in [-0.2, -0.15) is 0 Å². The summed E-state index contributed by atoms with van der Waals surface area (Å²) in [5.74, 6) is 0.209. The van der Waals surface area contributed by atoms with Gasteiger partial charge in [-0.15, -0.1) is 0 Å². The molecule has 0 heterocycles. The first-order valence-corrected chi connectivity index (χ1v) is 8.32. The van der Waals surface area contributed by atoms with Crippen LogP contribution in [0.5, 0.6) is 5.75 Å². The van der Waals surface area contributed by atoms with E-state index in [1.54, 1.807) is 49.6 Å². The fraction of sp³-hybridized carbons (Fsp3) is 0.222. The van der Waals surface area contributed by atoms with Crippen LogP contribution in [0.25, 0.3) is 0 Å². The summed E-state index contributed by atoms with van der Waals surface area (Å²) in [4.78, 5) is 26.3. The molecule has 6 heteroatoms. The van der Waals surface area contributed by atoms with Gasteiger partial charge in [0.2, 0.25) is 5.91 Å². The molecule has 2 aromatic rings. The van der Waals surface area contributed by atoms with Gasteiger partial charge >= 0.3 is 0 Å². The molecule has 2 amide bonds. The minimum Gasteiger partial charge on any atom is -0.497 e. The number of nitrogens with one attached hydrogen (secondary N) is 1. The molecule has 0 aliphatic heterocycles. The molecule has 0 unspecified atom stereocenters. The Morgan fingerprint density at radius 2 is 1.92 bits per heavy atom. The smallest absolute Gasteiger partial charge is 0.255 e. The number of hydrogen-bond donors (Lipinski definition) is 1. The number of halogens is 1. The quantitative estimate of drug-likeness (QED) is 0.819. The Balaban J connectivity index is 2.05. The Morgan fingerprint density at radius 3 is 2.58 bits per heavy atom. The molecule has 5 nitrogen and oxygen atoms in total. The number of anilines is 1. The molecule has 0 aliphatic rings. The molecule has 0 saturated carbocycles. The largest absolute Gasteiger partial charge is 0.497 e. The van der Waals surface area contributed by atoms with Gasteiger partial charge in [0.15, 0.2) is 0 Å². The second-order valence-corrected chi connectivity index (χ2v) is 5.93. The van der Waals surface area contributed by atoms with Gasteiger partial charge in [0.05, 0.1) is 12.7 Å². The molecule has 1 N–H and O–H groups in total. The number of hydrogen-bond acceptors (Lipinski definition) is 3. The summed E-state index contributed by atoms with van der Waals surface area (Å²) in [5.41, 5.74) is 1.16. The molecule has 2 aromatic carbocycles. The highest BCUT2D eigenvalue weighted by Crippen LogP contribution is 2.19. The van der Waals surface area contributed by atoms with Crippen LogP contribution < -0.4 is 10.1 Å². The predicted molar refractivity (Wildman–Crippen MR) is 97.3 cm³/mol. The first-order valence-electron chi connectivity index (χ1n) is 7.53. The highest BCUT2D eigenvalue weighted by Gasteiger charge is 2.19. The maximum Gasteiger partial charge on any atom is 0.255 e. The number of ether oxygens (including phenoxy) is 1. The van der Waals surface area contributed by atoms with Crippen molar-refractivity contribution in [3.8, 4) is 5.75 Å². The molecule has 0 aliphatic carbocycles. The summed E-state index contributed by atoms with van der Waals surface area (Å²) in [7, 11) is 1.57. The molecule has 0 aromatic heterocycles. The molecule has 0 bridgehead atoms. The molecular weight excluding hydrogens is 372 g/mol. The molecule has 126 valence electrons. The topological polar surface area (TPSA) is 58.6 Å². The summed E-state index contributed by atoms with van der Waals surface area (Å²) in [6, 6.07) is 14.3. The minimum absolute atomic E-state index is 0.0200. The number of nitrogens with zero attached hydrogens (tertiary/aromatic N) is 1. The Kier molecular flexibility index (Phi) is 6.37. The van der Waals surface area contributed by atoms with Gasteiger partial charge in [-0.05, 0) is 47.1 Å². The van der Waals surface area contributed by atoms with E-state index >= 15 is 0 Å². The van der Waals surface area contributed by atoms with Gasteiger partial charge in [0, 0.05) is 22.8 Å². The van der Waals surface area contributed by atoms with Crippen molar-refractivity contribution in [3.05, 3.63) is 58.6 Å². The van der Waals surface area contributed by atoms with Gasteiger partial charge in [-0.1, -0.05) is 18.2 Å². The van der Waals surface area contributed by atoms with Crippen molar-refractivity contribution in [1.29, 1.82) is 0 Å². The van der Waals surface area contributed by atoms with Gasteiger partial charge < -0.3 is 15.0 Å². The lowest BCUT2D eigenvalue weighted by Crippen LogP contribution is -2.38. The Morgan fingerprint density at radius 1 is 1.17 bits per heavy atom. The Hall–Kier alpha value is -2.34. The number of benzene rings is 2. The van der Waals surface area contributed by atoms with Gasteiger partial charge in [0.1, 0.15) is 12.3 Å². The van der Waals surface area contributed by atoms with Crippen molar-refractivity contribution in [2.24, 2.45) is 0 Å². The van der Waals surface area contributed by atoms with E-state index in [4.69, 9.17) is 4.74 Å². The first-order chi connectivity index (χ1) is 11.5. The van der Waals surface area contributed by atoms with Crippen LogP contribution in [-0.4, -0.2) is 36.9 Å². The lowest BCUT2D eigenvalue weighted by molar-refractivity contribution is -0.116. The van der Waals surface area contributed by atoms with E-state index < -0.39 is 0 Å². The lowest BCUT2D eigenvalue weighted by atomic mass is 10.2. The summed E-state index contributed by atoms with van der Waals surface area (Å²) in [6.45, 7) is 2.26. The van der Waals surface area contributed by atoms with Crippen molar-refractivity contribution in [2.75, 3.05) is 25.5 Å². The second-order valence-electron chi connectivity index (χ2n) is 5.08. The second kappa shape index (κ2) is 8.49. The third-order valence-electron chi connectivity index (χ3n) is 3.46. The van der Waals surface area contributed by atoms with Crippen LogP contribution >= 0.6 is 15.9 Å². The highest BCUT2D eigenvalue weighted by molar-refractivity contribution is 9.10. The SMILES string of the molecule is CCN(CC(=O)Nc1cccc(OC)c1)C(=O)c1ccccc1Br. The molecule has 2 rings (SSSR count). The minimum atomic E-state index is -0.259. The van der Waals surface area contributed by atoms with Crippen LogP contribution in [0.4, 0.5) is 5.69 Å². The van der Waals surface area contributed by atoms with Crippen LogP contribution in [0.3, 0.4) is 0 Å². The fourth-order valence-corrected chi connectivity index (χ4v) is 2.66. The van der Waals surface area contributed by atoms with Gasteiger partial charge in [-0.25, -0.2) is 0 Å².